The van der Waals surface area contributed by atoms with E-state index in [1.807, 2.05) is 19.1 Å². The molecule has 2 aromatic rings. The highest BCUT2D eigenvalue weighted by Gasteiger charge is 2.40. The Morgan fingerprint density at radius 3 is 2.67 bits per heavy atom. The molecular weight excluding hydrogens is 320 g/mol. The minimum absolute atomic E-state index is 0.0240. The van der Waals surface area contributed by atoms with Gasteiger partial charge in [0.2, 0.25) is 0 Å². The van der Waals surface area contributed by atoms with E-state index < -0.39 is 0 Å². The molecule has 0 unspecified atom stereocenters. The third-order valence-corrected chi connectivity index (χ3v) is 6.61. The van der Waals surface area contributed by atoms with Crippen LogP contribution in [0.3, 0.4) is 0 Å². The summed E-state index contributed by atoms with van der Waals surface area (Å²) in [7, 11) is 0. The van der Waals surface area contributed by atoms with Gasteiger partial charge in [0.05, 0.1) is 5.69 Å². The first-order chi connectivity index (χ1) is 11.6. The summed E-state index contributed by atoms with van der Waals surface area (Å²) in [4.78, 5) is 24.7. The predicted molar refractivity (Wildman–Crippen MR) is 95.1 cm³/mol. The smallest absolute Gasteiger partial charge is 0.263 e. The Balaban J connectivity index is 1.54. The second-order valence-corrected chi connectivity index (χ2v) is 7.78. The van der Waals surface area contributed by atoms with E-state index in [2.05, 4.69) is 27.1 Å². The van der Waals surface area contributed by atoms with E-state index in [9.17, 15) is 4.79 Å². The van der Waals surface area contributed by atoms with Crippen LogP contribution in [0.2, 0.25) is 0 Å². The van der Waals surface area contributed by atoms with Crippen molar-refractivity contribution in [1.29, 1.82) is 0 Å². The zero-order chi connectivity index (χ0) is 16.7. The first kappa shape index (κ1) is 15.7. The van der Waals surface area contributed by atoms with Gasteiger partial charge in [-0.15, -0.1) is 11.3 Å². The van der Waals surface area contributed by atoms with Gasteiger partial charge in [-0.05, 0) is 57.8 Å². The summed E-state index contributed by atoms with van der Waals surface area (Å²) in [6, 6.07) is 4.53. The molecule has 24 heavy (non-hydrogen) atoms. The minimum atomic E-state index is 0.0240. The molecule has 2 aromatic heterocycles. The molecule has 2 atom stereocenters. The van der Waals surface area contributed by atoms with E-state index in [0.29, 0.717) is 12.0 Å². The highest BCUT2D eigenvalue weighted by Crippen LogP contribution is 2.33. The summed E-state index contributed by atoms with van der Waals surface area (Å²) < 4.78 is 0. The Morgan fingerprint density at radius 2 is 2.00 bits per heavy atom. The summed E-state index contributed by atoms with van der Waals surface area (Å²) in [5.41, 5.74) is 1.81. The van der Waals surface area contributed by atoms with Gasteiger partial charge in [-0.1, -0.05) is 0 Å². The zero-order valence-corrected chi connectivity index (χ0v) is 14.8. The van der Waals surface area contributed by atoms with E-state index in [1.54, 1.807) is 12.4 Å². The molecule has 0 spiro atoms. The molecule has 0 saturated carbocycles. The summed E-state index contributed by atoms with van der Waals surface area (Å²) in [6.45, 7) is 6.49. The number of hydrogen-bond donors (Lipinski definition) is 1. The third-order valence-electron chi connectivity index (χ3n) is 5.41. The fraction of sp³-hybridized carbons (Fsp3) is 0.500. The molecule has 1 amide bonds. The van der Waals surface area contributed by atoms with Gasteiger partial charge < -0.3 is 5.32 Å². The number of hydrogen-bond acceptors (Lipinski definition) is 5. The van der Waals surface area contributed by atoms with Crippen LogP contribution in [0.25, 0.3) is 10.6 Å². The second-order valence-electron chi connectivity index (χ2n) is 6.78. The number of aromatic nitrogens is 2. The van der Waals surface area contributed by atoms with E-state index in [0.717, 1.165) is 21.1 Å². The van der Waals surface area contributed by atoms with Gasteiger partial charge in [-0.25, -0.2) is 4.98 Å². The number of aryl methyl sites for hydroxylation is 1. The molecule has 3 saturated heterocycles. The quantitative estimate of drug-likeness (QED) is 0.932. The minimum Gasteiger partial charge on any atom is -0.347 e. The van der Waals surface area contributed by atoms with Crippen molar-refractivity contribution in [1.82, 2.24) is 20.2 Å². The first-order valence-electron chi connectivity index (χ1n) is 8.56. The van der Waals surface area contributed by atoms with Crippen LogP contribution in [0.15, 0.2) is 24.5 Å². The standard InChI is InChI=1S/C18H22N4OS/c1-11-16(24-18(20-11)14-3-7-19-8-4-14)17(23)21-15-12(2)22-9-5-13(15)6-10-22/h3-4,7-8,12-13,15H,5-6,9-10H2,1-2H3,(H,21,23)/t12-,15-/m0/s1. The molecule has 5 heterocycles. The second kappa shape index (κ2) is 6.26. The summed E-state index contributed by atoms with van der Waals surface area (Å²) in [5.74, 6) is 0.637. The maximum absolute atomic E-state index is 12.8. The Hall–Kier alpha value is -1.79. The molecule has 3 aliphatic heterocycles. The number of rotatable bonds is 3. The lowest BCUT2D eigenvalue weighted by atomic mass is 9.79. The van der Waals surface area contributed by atoms with Crippen LogP contribution >= 0.6 is 11.3 Å². The monoisotopic (exact) mass is 342 g/mol. The van der Waals surface area contributed by atoms with E-state index in [1.165, 1.54) is 37.3 Å². The molecule has 2 bridgehead atoms. The Morgan fingerprint density at radius 1 is 1.29 bits per heavy atom. The number of carbonyl (C=O) groups is 1. The topological polar surface area (TPSA) is 58.1 Å². The fourth-order valence-electron chi connectivity index (χ4n) is 3.99. The molecule has 3 fully saturated rings. The van der Waals surface area contributed by atoms with Gasteiger partial charge in [0.15, 0.2) is 0 Å². The molecule has 5 rings (SSSR count). The number of fused-ring (bicyclic) bond motifs is 3. The third kappa shape index (κ3) is 2.74. The van der Waals surface area contributed by atoms with Crippen molar-refractivity contribution in [2.24, 2.45) is 5.92 Å². The average molecular weight is 342 g/mol. The lowest BCUT2D eigenvalue weighted by molar-refractivity contribution is 0.0218. The van der Waals surface area contributed by atoms with Crippen molar-refractivity contribution in [3.8, 4) is 10.6 Å². The lowest BCUT2D eigenvalue weighted by Gasteiger charge is -2.49. The number of nitrogens with zero attached hydrogens (tertiary/aromatic N) is 3. The van der Waals surface area contributed by atoms with Crippen LogP contribution in [0.1, 0.15) is 35.1 Å². The van der Waals surface area contributed by atoms with Crippen molar-refractivity contribution >= 4 is 17.2 Å². The molecule has 6 heteroatoms. The van der Waals surface area contributed by atoms with Gasteiger partial charge in [-0.3, -0.25) is 14.7 Å². The number of carbonyl (C=O) groups excluding carboxylic acids is 1. The van der Waals surface area contributed by atoms with Crippen LogP contribution in [0, 0.1) is 12.8 Å². The van der Waals surface area contributed by atoms with Crippen LogP contribution in [-0.4, -0.2) is 45.9 Å². The van der Waals surface area contributed by atoms with Gasteiger partial charge in [-0.2, -0.15) is 0 Å². The lowest BCUT2D eigenvalue weighted by Crippen LogP contribution is -2.62. The van der Waals surface area contributed by atoms with E-state index in [-0.39, 0.29) is 11.9 Å². The number of nitrogens with one attached hydrogen (secondary N) is 1. The van der Waals surface area contributed by atoms with Crippen LogP contribution in [0.5, 0.6) is 0 Å². The maximum Gasteiger partial charge on any atom is 0.263 e. The Labute approximate surface area is 146 Å². The van der Waals surface area contributed by atoms with Crippen molar-refractivity contribution in [2.75, 3.05) is 13.1 Å². The normalized spacial score (nSPS) is 28.8. The molecule has 0 aliphatic carbocycles. The van der Waals surface area contributed by atoms with E-state index in [4.69, 9.17) is 0 Å². The molecule has 1 N–H and O–H groups in total. The molecule has 0 aromatic carbocycles. The molecule has 0 radical (unpaired) electrons. The van der Waals surface area contributed by atoms with Gasteiger partial charge in [0.25, 0.3) is 5.91 Å². The van der Waals surface area contributed by atoms with E-state index >= 15 is 0 Å². The summed E-state index contributed by atoms with van der Waals surface area (Å²) >= 11 is 1.47. The van der Waals surface area contributed by atoms with Crippen molar-refractivity contribution < 1.29 is 4.79 Å². The van der Waals surface area contributed by atoms with Crippen LogP contribution < -0.4 is 5.32 Å². The Kier molecular flexibility index (Phi) is 4.10. The average Bonchev–Trinajstić information content (AvgIpc) is 3.01. The summed E-state index contributed by atoms with van der Waals surface area (Å²) in [5, 5.41) is 4.18. The maximum atomic E-state index is 12.8. The molecule has 3 aliphatic rings. The number of thiazole rings is 1. The molecule has 126 valence electrons. The first-order valence-corrected chi connectivity index (χ1v) is 9.38. The predicted octanol–water partition coefficient (Wildman–Crippen LogP) is 2.73. The van der Waals surface area contributed by atoms with Crippen molar-refractivity contribution in [3.63, 3.8) is 0 Å². The molecular formula is C18H22N4OS. The van der Waals surface area contributed by atoms with Crippen molar-refractivity contribution in [2.45, 2.75) is 38.8 Å². The van der Waals surface area contributed by atoms with Gasteiger partial charge in [0, 0.05) is 30.0 Å². The van der Waals surface area contributed by atoms with Crippen LogP contribution in [-0.2, 0) is 0 Å². The summed E-state index contributed by atoms with van der Waals surface area (Å²) in [6.07, 6.45) is 5.89. The van der Waals surface area contributed by atoms with Crippen LogP contribution in [0.4, 0.5) is 0 Å². The number of amides is 1. The highest BCUT2D eigenvalue weighted by molar-refractivity contribution is 7.17. The zero-order valence-electron chi connectivity index (χ0n) is 14.0. The Bertz CT molecular complexity index is 735. The number of piperidine rings is 3. The van der Waals surface area contributed by atoms with Gasteiger partial charge >= 0.3 is 0 Å². The van der Waals surface area contributed by atoms with Crippen molar-refractivity contribution in [3.05, 3.63) is 35.1 Å². The largest absolute Gasteiger partial charge is 0.347 e. The highest BCUT2D eigenvalue weighted by atomic mass is 32.1. The SMILES string of the molecule is Cc1nc(-c2ccncc2)sc1C(=O)N[C@@H]1C2CCN(CC2)[C@H]1C. The fourth-order valence-corrected chi connectivity index (χ4v) is 4.96. The van der Waals surface area contributed by atoms with Gasteiger partial charge in [0.1, 0.15) is 9.88 Å². The molecule has 5 nitrogen and oxygen atoms in total. The number of pyridine rings is 1.